The van der Waals surface area contributed by atoms with E-state index in [0.29, 0.717) is 11.8 Å². The maximum atomic E-state index is 5.64. The molecule has 0 spiro atoms. The van der Waals surface area contributed by atoms with Crippen molar-refractivity contribution in [3.63, 3.8) is 0 Å². The molecule has 3 heterocycles. The molecule has 6 heteroatoms. The van der Waals surface area contributed by atoms with Crippen LogP contribution >= 0.6 is 0 Å². The van der Waals surface area contributed by atoms with Crippen molar-refractivity contribution in [2.24, 2.45) is 5.92 Å². The molecule has 194 valence electrons. The number of benzene rings is 1. The largest absolute Gasteiger partial charge is 0.334 e. The molecule has 0 saturated carbocycles. The predicted molar refractivity (Wildman–Crippen MR) is 143 cm³/mol. The number of piperidine rings is 1. The highest BCUT2D eigenvalue weighted by atomic mass is 16.5. The Hall–Kier alpha value is -1.76. The molecule has 0 amide bonds. The summed E-state index contributed by atoms with van der Waals surface area (Å²) in [7, 11) is 0. The maximum absolute atomic E-state index is 5.64. The number of aromatic nitrogens is 2. The standard InChI is InChI=1S/C29H47N5O/c1-5-26(6-2)33-15-13-23(14-16-33)21-28-30-29(35-31-28)25-11-9-24(10-12-25)22-32-17-19-34(20-18-32)27(7-3)8-4/h9-12,23,26-27H,5-8,13-22H2,1-4H3. The van der Waals surface area contributed by atoms with Gasteiger partial charge in [-0.05, 0) is 75.2 Å². The molecule has 2 aliphatic heterocycles. The van der Waals surface area contributed by atoms with Crippen LogP contribution < -0.4 is 0 Å². The summed E-state index contributed by atoms with van der Waals surface area (Å²) in [6.45, 7) is 17.3. The molecule has 1 aromatic heterocycles. The van der Waals surface area contributed by atoms with Crippen LogP contribution in [0.25, 0.3) is 11.5 Å². The highest BCUT2D eigenvalue weighted by Crippen LogP contribution is 2.25. The fourth-order valence-electron chi connectivity index (χ4n) is 6.14. The first-order valence-corrected chi connectivity index (χ1v) is 14.3. The molecule has 4 rings (SSSR count). The normalized spacial score (nSPS) is 19.3. The Morgan fingerprint density at radius 1 is 0.800 bits per heavy atom. The summed E-state index contributed by atoms with van der Waals surface area (Å²) >= 11 is 0. The summed E-state index contributed by atoms with van der Waals surface area (Å²) in [5.41, 5.74) is 2.38. The average Bonchev–Trinajstić information content (AvgIpc) is 3.36. The van der Waals surface area contributed by atoms with Crippen molar-refractivity contribution < 1.29 is 4.52 Å². The number of nitrogens with zero attached hydrogens (tertiary/aromatic N) is 5. The summed E-state index contributed by atoms with van der Waals surface area (Å²) in [5.74, 6) is 2.18. The van der Waals surface area contributed by atoms with Crippen molar-refractivity contribution in [3.05, 3.63) is 35.7 Å². The van der Waals surface area contributed by atoms with Crippen LogP contribution in [0.3, 0.4) is 0 Å². The monoisotopic (exact) mass is 481 g/mol. The first kappa shape index (κ1) is 26.3. The van der Waals surface area contributed by atoms with Crippen LogP contribution in [0.4, 0.5) is 0 Å². The van der Waals surface area contributed by atoms with Crippen molar-refractivity contribution in [1.82, 2.24) is 24.8 Å². The third-order valence-corrected chi connectivity index (χ3v) is 8.52. The fraction of sp³-hybridized carbons (Fsp3) is 0.724. The van der Waals surface area contributed by atoms with E-state index < -0.39 is 0 Å². The molecule has 0 N–H and O–H groups in total. The Morgan fingerprint density at radius 2 is 1.37 bits per heavy atom. The van der Waals surface area contributed by atoms with E-state index >= 15 is 0 Å². The fourth-order valence-corrected chi connectivity index (χ4v) is 6.14. The minimum absolute atomic E-state index is 0.653. The van der Waals surface area contributed by atoms with Gasteiger partial charge in [-0.3, -0.25) is 9.80 Å². The molecule has 0 radical (unpaired) electrons. The maximum Gasteiger partial charge on any atom is 0.257 e. The van der Waals surface area contributed by atoms with Gasteiger partial charge in [-0.1, -0.05) is 45.0 Å². The summed E-state index contributed by atoms with van der Waals surface area (Å²) in [5, 5.41) is 4.31. The highest BCUT2D eigenvalue weighted by Gasteiger charge is 2.25. The summed E-state index contributed by atoms with van der Waals surface area (Å²) in [6.07, 6.45) is 8.43. The van der Waals surface area contributed by atoms with Crippen LogP contribution in [0.2, 0.25) is 0 Å². The van der Waals surface area contributed by atoms with Gasteiger partial charge in [0.05, 0.1) is 0 Å². The molecule has 2 saturated heterocycles. The van der Waals surface area contributed by atoms with Crippen molar-refractivity contribution >= 4 is 0 Å². The number of rotatable bonds is 11. The number of piperazine rings is 1. The average molecular weight is 482 g/mol. The third-order valence-electron chi connectivity index (χ3n) is 8.52. The zero-order chi connectivity index (χ0) is 24.6. The Balaban J connectivity index is 1.24. The van der Waals surface area contributed by atoms with E-state index in [2.05, 4.69) is 71.8 Å². The molecule has 0 atom stereocenters. The molecule has 2 aromatic rings. The van der Waals surface area contributed by atoms with Crippen molar-refractivity contribution in [2.75, 3.05) is 39.3 Å². The number of hydrogen-bond acceptors (Lipinski definition) is 6. The van der Waals surface area contributed by atoms with E-state index in [-0.39, 0.29) is 0 Å². The topological polar surface area (TPSA) is 48.6 Å². The van der Waals surface area contributed by atoms with E-state index in [9.17, 15) is 0 Å². The van der Waals surface area contributed by atoms with Gasteiger partial charge in [-0.15, -0.1) is 0 Å². The molecule has 0 bridgehead atoms. The minimum atomic E-state index is 0.653. The Morgan fingerprint density at radius 3 is 1.94 bits per heavy atom. The summed E-state index contributed by atoms with van der Waals surface area (Å²) in [6, 6.07) is 10.2. The van der Waals surface area contributed by atoms with Gasteiger partial charge in [0.15, 0.2) is 5.82 Å². The van der Waals surface area contributed by atoms with Gasteiger partial charge < -0.3 is 9.42 Å². The Labute approximate surface area is 213 Å². The number of likely N-dealkylation sites (tertiary alicyclic amines) is 1. The van der Waals surface area contributed by atoms with Crippen LogP contribution in [0.5, 0.6) is 0 Å². The lowest BCUT2D eigenvalue weighted by Crippen LogP contribution is -2.49. The minimum Gasteiger partial charge on any atom is -0.334 e. The molecule has 0 aliphatic carbocycles. The summed E-state index contributed by atoms with van der Waals surface area (Å²) in [4.78, 5) is 12.7. The van der Waals surface area contributed by atoms with Gasteiger partial charge in [0, 0.05) is 56.8 Å². The third kappa shape index (κ3) is 6.93. The van der Waals surface area contributed by atoms with Crippen molar-refractivity contribution in [3.8, 4) is 11.5 Å². The first-order chi connectivity index (χ1) is 17.1. The second kappa shape index (κ2) is 13.0. The van der Waals surface area contributed by atoms with Gasteiger partial charge in [0.2, 0.25) is 0 Å². The van der Waals surface area contributed by atoms with Gasteiger partial charge in [-0.25, -0.2) is 0 Å². The van der Waals surface area contributed by atoms with Gasteiger partial charge in [0.25, 0.3) is 5.89 Å². The van der Waals surface area contributed by atoms with E-state index in [4.69, 9.17) is 9.51 Å². The van der Waals surface area contributed by atoms with Crippen LogP contribution in [-0.4, -0.2) is 76.2 Å². The predicted octanol–water partition coefficient (Wildman–Crippen LogP) is 5.49. The molecule has 0 unspecified atom stereocenters. The van der Waals surface area contributed by atoms with E-state index in [1.54, 1.807) is 0 Å². The lowest BCUT2D eigenvalue weighted by molar-refractivity contribution is 0.0881. The molecular formula is C29H47N5O. The second-order valence-electron chi connectivity index (χ2n) is 10.6. The lowest BCUT2D eigenvalue weighted by Gasteiger charge is -2.38. The highest BCUT2D eigenvalue weighted by molar-refractivity contribution is 5.53. The van der Waals surface area contributed by atoms with Gasteiger partial charge in [0.1, 0.15) is 0 Å². The zero-order valence-corrected chi connectivity index (χ0v) is 22.6. The van der Waals surface area contributed by atoms with Gasteiger partial charge in [-0.2, -0.15) is 4.98 Å². The molecule has 35 heavy (non-hydrogen) atoms. The van der Waals surface area contributed by atoms with Crippen LogP contribution in [0.1, 0.15) is 77.6 Å². The van der Waals surface area contributed by atoms with Gasteiger partial charge >= 0.3 is 0 Å². The van der Waals surface area contributed by atoms with Crippen LogP contribution in [0.15, 0.2) is 28.8 Å². The smallest absolute Gasteiger partial charge is 0.257 e. The molecule has 2 fully saturated rings. The second-order valence-corrected chi connectivity index (χ2v) is 10.6. The zero-order valence-electron chi connectivity index (χ0n) is 22.6. The lowest BCUT2D eigenvalue weighted by atomic mass is 9.92. The molecule has 2 aliphatic rings. The first-order valence-electron chi connectivity index (χ1n) is 14.3. The quantitative estimate of drug-likeness (QED) is 0.423. The number of hydrogen-bond donors (Lipinski definition) is 0. The van der Waals surface area contributed by atoms with E-state index in [1.807, 2.05) is 0 Å². The molecule has 1 aromatic carbocycles. The SMILES string of the molecule is CCC(CC)N1CCC(Cc2noc(-c3ccc(CN4CCN(C(CC)CC)CC4)cc3)n2)CC1. The van der Waals surface area contributed by atoms with Crippen molar-refractivity contribution in [1.29, 1.82) is 0 Å². The van der Waals surface area contributed by atoms with E-state index in [1.165, 1.54) is 70.3 Å². The Bertz CT molecular complexity index is 857. The molecular weight excluding hydrogens is 434 g/mol. The van der Waals surface area contributed by atoms with E-state index in [0.717, 1.165) is 49.5 Å². The van der Waals surface area contributed by atoms with Crippen LogP contribution in [0, 0.1) is 5.92 Å². The summed E-state index contributed by atoms with van der Waals surface area (Å²) < 4.78 is 5.64. The van der Waals surface area contributed by atoms with Crippen LogP contribution in [-0.2, 0) is 13.0 Å². The van der Waals surface area contributed by atoms with Crippen molar-refractivity contribution in [2.45, 2.75) is 91.3 Å². The Kier molecular flexibility index (Phi) is 9.75. The molecule has 6 nitrogen and oxygen atoms in total.